The summed E-state index contributed by atoms with van der Waals surface area (Å²) >= 11 is 0. The normalized spacial score (nSPS) is 16.7. The molecular weight excluding hydrogens is 488 g/mol. The lowest BCUT2D eigenvalue weighted by atomic mass is 10.2. The van der Waals surface area contributed by atoms with Gasteiger partial charge in [-0.3, -0.25) is 19.4 Å². The van der Waals surface area contributed by atoms with Gasteiger partial charge in [0.2, 0.25) is 0 Å². The maximum Gasteiger partial charge on any atom is 0.410 e. The summed E-state index contributed by atoms with van der Waals surface area (Å²) < 4.78 is 16.5. The van der Waals surface area contributed by atoms with Gasteiger partial charge >= 0.3 is 18.0 Å². The average Bonchev–Trinajstić information content (AvgIpc) is 2.85. The van der Waals surface area contributed by atoms with Crippen molar-refractivity contribution in [1.29, 1.82) is 0 Å². The van der Waals surface area contributed by atoms with Gasteiger partial charge in [-0.2, -0.15) is 0 Å². The molecule has 0 radical (unpaired) electrons. The van der Waals surface area contributed by atoms with E-state index < -0.39 is 11.7 Å². The van der Waals surface area contributed by atoms with Gasteiger partial charge in [0.25, 0.3) is 0 Å². The van der Waals surface area contributed by atoms with E-state index in [4.69, 9.17) is 14.2 Å². The van der Waals surface area contributed by atoms with Crippen LogP contribution in [0.4, 0.5) is 4.79 Å². The molecule has 1 heterocycles. The molecule has 10 heteroatoms. The Kier molecular flexibility index (Phi) is 14.1. The van der Waals surface area contributed by atoms with Crippen molar-refractivity contribution in [2.75, 3.05) is 72.1 Å². The van der Waals surface area contributed by atoms with Crippen LogP contribution in [0.2, 0.25) is 0 Å². The molecule has 1 aromatic rings. The Labute approximate surface area is 227 Å². The number of carbonyl (C=O) groups excluding carboxylic acids is 3. The van der Waals surface area contributed by atoms with Crippen LogP contribution < -0.4 is 5.32 Å². The molecule has 0 aromatic heterocycles. The number of rotatable bonds is 9. The van der Waals surface area contributed by atoms with E-state index in [0.29, 0.717) is 59.0 Å². The Morgan fingerprint density at radius 3 is 2.03 bits per heavy atom. The standard InChI is InChI=1S/C28H46N4O6/c1-5-6-20-36-25(33)21-30-14-12-29-13-15-31(22-26(34)38-28(2,3)4)17-19-32(18-16-30)27(35)37-23-24-10-8-7-9-11-24/h7-11,29H,5-6,12-23H2,1-4H3. The van der Waals surface area contributed by atoms with E-state index in [9.17, 15) is 14.4 Å². The highest BCUT2D eigenvalue weighted by molar-refractivity contribution is 5.72. The van der Waals surface area contributed by atoms with Crippen LogP contribution >= 0.6 is 0 Å². The highest BCUT2D eigenvalue weighted by Gasteiger charge is 2.23. The van der Waals surface area contributed by atoms with Gasteiger partial charge in [-0.25, -0.2) is 4.79 Å². The van der Waals surface area contributed by atoms with Gasteiger partial charge in [0, 0.05) is 52.4 Å². The van der Waals surface area contributed by atoms with Crippen molar-refractivity contribution in [3.63, 3.8) is 0 Å². The molecule has 0 saturated carbocycles. The molecule has 0 unspecified atom stereocenters. The molecule has 2 rings (SSSR count). The average molecular weight is 535 g/mol. The fraction of sp³-hybridized carbons (Fsp3) is 0.679. The van der Waals surface area contributed by atoms with Gasteiger partial charge in [-0.05, 0) is 32.8 Å². The van der Waals surface area contributed by atoms with Crippen LogP contribution in [-0.4, -0.2) is 110 Å². The Morgan fingerprint density at radius 2 is 1.45 bits per heavy atom. The van der Waals surface area contributed by atoms with Gasteiger partial charge in [0.15, 0.2) is 0 Å². The smallest absolute Gasteiger partial charge is 0.410 e. The molecule has 1 aliphatic heterocycles. The Morgan fingerprint density at radius 1 is 0.842 bits per heavy atom. The Hall–Kier alpha value is -2.69. The second-order valence-electron chi connectivity index (χ2n) is 10.5. The SMILES string of the molecule is CCCCOC(=O)CN1CCNCCN(CC(=O)OC(C)(C)C)CCN(C(=O)OCc2ccccc2)CC1. The van der Waals surface area contributed by atoms with Crippen molar-refractivity contribution >= 4 is 18.0 Å². The van der Waals surface area contributed by atoms with E-state index in [2.05, 4.69) is 12.2 Å². The zero-order valence-electron chi connectivity index (χ0n) is 23.6. The van der Waals surface area contributed by atoms with Crippen LogP contribution in [0.3, 0.4) is 0 Å². The van der Waals surface area contributed by atoms with Gasteiger partial charge in [-0.1, -0.05) is 43.7 Å². The van der Waals surface area contributed by atoms with Crippen LogP contribution in [0.1, 0.15) is 46.1 Å². The number of hydrogen-bond donors (Lipinski definition) is 1. The number of benzene rings is 1. The molecule has 1 amide bonds. The maximum absolute atomic E-state index is 13.1. The Bertz CT molecular complexity index is 845. The fourth-order valence-electron chi connectivity index (χ4n) is 3.88. The molecule has 0 spiro atoms. The highest BCUT2D eigenvalue weighted by atomic mass is 16.6. The minimum atomic E-state index is -0.559. The summed E-state index contributed by atoms with van der Waals surface area (Å²) in [6.07, 6.45) is 1.38. The van der Waals surface area contributed by atoms with Crippen molar-refractivity contribution in [3.8, 4) is 0 Å². The largest absolute Gasteiger partial charge is 0.465 e. The van der Waals surface area contributed by atoms with E-state index in [1.807, 2.05) is 60.9 Å². The van der Waals surface area contributed by atoms with Crippen molar-refractivity contribution in [1.82, 2.24) is 20.0 Å². The predicted octanol–water partition coefficient (Wildman–Crippen LogP) is 2.52. The number of ether oxygens (including phenoxy) is 3. The molecule has 1 N–H and O–H groups in total. The van der Waals surface area contributed by atoms with Crippen LogP contribution in [0.5, 0.6) is 0 Å². The summed E-state index contributed by atoms with van der Waals surface area (Å²) in [5, 5.41) is 3.39. The van der Waals surface area contributed by atoms with Crippen LogP contribution in [-0.2, 0) is 30.4 Å². The number of amides is 1. The molecule has 0 atom stereocenters. The first-order chi connectivity index (χ1) is 18.2. The van der Waals surface area contributed by atoms with E-state index in [0.717, 1.165) is 18.4 Å². The monoisotopic (exact) mass is 534 g/mol. The molecule has 1 aliphatic rings. The van der Waals surface area contributed by atoms with E-state index in [1.54, 1.807) is 4.90 Å². The molecule has 0 bridgehead atoms. The molecular formula is C28H46N4O6. The van der Waals surface area contributed by atoms with Crippen molar-refractivity contribution in [3.05, 3.63) is 35.9 Å². The molecule has 38 heavy (non-hydrogen) atoms. The van der Waals surface area contributed by atoms with Crippen molar-refractivity contribution in [2.24, 2.45) is 0 Å². The lowest BCUT2D eigenvalue weighted by Crippen LogP contribution is -2.48. The third-order valence-corrected chi connectivity index (χ3v) is 5.93. The molecule has 1 fully saturated rings. The van der Waals surface area contributed by atoms with Gasteiger partial charge < -0.3 is 24.4 Å². The second kappa shape index (κ2) is 17.0. The first kappa shape index (κ1) is 31.5. The number of nitrogens with zero attached hydrogens (tertiary/aromatic N) is 3. The minimum Gasteiger partial charge on any atom is -0.465 e. The lowest BCUT2D eigenvalue weighted by molar-refractivity contribution is -0.156. The van der Waals surface area contributed by atoms with Gasteiger partial charge in [-0.15, -0.1) is 0 Å². The van der Waals surface area contributed by atoms with Crippen LogP contribution in [0, 0.1) is 0 Å². The second-order valence-corrected chi connectivity index (χ2v) is 10.5. The van der Waals surface area contributed by atoms with E-state index in [-0.39, 0.29) is 31.6 Å². The summed E-state index contributed by atoms with van der Waals surface area (Å²) in [7, 11) is 0. The zero-order chi connectivity index (χ0) is 27.8. The topological polar surface area (TPSA) is 101 Å². The Balaban J connectivity index is 2.04. The summed E-state index contributed by atoms with van der Waals surface area (Å²) in [5.41, 5.74) is 0.347. The van der Waals surface area contributed by atoms with E-state index in [1.165, 1.54) is 0 Å². The van der Waals surface area contributed by atoms with Gasteiger partial charge in [0.1, 0.15) is 12.2 Å². The molecule has 1 saturated heterocycles. The summed E-state index contributed by atoms with van der Waals surface area (Å²) in [6.45, 7) is 12.8. The molecule has 10 nitrogen and oxygen atoms in total. The minimum absolute atomic E-state index is 0.140. The first-order valence-corrected chi connectivity index (χ1v) is 13.6. The van der Waals surface area contributed by atoms with Crippen LogP contribution in [0.15, 0.2) is 30.3 Å². The maximum atomic E-state index is 13.1. The summed E-state index contributed by atoms with van der Waals surface area (Å²) in [4.78, 5) is 43.5. The van der Waals surface area contributed by atoms with Crippen molar-refractivity contribution < 1.29 is 28.6 Å². The van der Waals surface area contributed by atoms with Crippen molar-refractivity contribution in [2.45, 2.75) is 52.7 Å². The number of nitrogens with one attached hydrogen (secondary N) is 1. The predicted molar refractivity (Wildman–Crippen MR) is 146 cm³/mol. The number of esters is 2. The third kappa shape index (κ3) is 13.7. The molecule has 214 valence electrons. The highest BCUT2D eigenvalue weighted by Crippen LogP contribution is 2.09. The first-order valence-electron chi connectivity index (χ1n) is 13.6. The zero-order valence-corrected chi connectivity index (χ0v) is 23.6. The number of hydrogen-bond acceptors (Lipinski definition) is 9. The van der Waals surface area contributed by atoms with Gasteiger partial charge in [0.05, 0.1) is 19.7 Å². The van der Waals surface area contributed by atoms with Crippen LogP contribution in [0.25, 0.3) is 0 Å². The summed E-state index contributed by atoms with van der Waals surface area (Å²) in [6, 6.07) is 9.53. The number of unbranched alkanes of at least 4 members (excludes halogenated alkanes) is 1. The quantitative estimate of drug-likeness (QED) is 0.291. The summed E-state index contributed by atoms with van der Waals surface area (Å²) in [5.74, 6) is -0.553. The third-order valence-electron chi connectivity index (χ3n) is 5.93. The molecule has 1 aromatic carbocycles. The number of carbonyl (C=O) groups is 3. The molecule has 0 aliphatic carbocycles. The lowest BCUT2D eigenvalue weighted by Gasteiger charge is -2.31. The fourth-order valence-corrected chi connectivity index (χ4v) is 3.88. The van der Waals surface area contributed by atoms with E-state index >= 15 is 0 Å².